The number of alkyl halides is 2. The third-order valence-corrected chi connectivity index (χ3v) is 9.35. The van der Waals surface area contributed by atoms with E-state index in [1.807, 2.05) is 6.07 Å². The largest absolute Gasteiger partial charge is 0.497 e. The van der Waals surface area contributed by atoms with Crippen LogP contribution in [-0.2, 0) is 4.74 Å². The minimum atomic E-state index is 0.868. The number of ether oxygens (including phenoxy) is 3. The summed E-state index contributed by atoms with van der Waals surface area (Å²) in [6, 6.07) is 35.8. The molecule has 0 bridgehead atoms. The number of benzene rings is 6. The van der Waals surface area contributed by atoms with E-state index >= 15 is 0 Å². The van der Waals surface area contributed by atoms with Gasteiger partial charge in [0.1, 0.15) is 11.5 Å². The van der Waals surface area contributed by atoms with E-state index < -0.39 is 0 Å². The lowest BCUT2D eigenvalue weighted by Gasteiger charge is -2.08. The Morgan fingerprint density at radius 3 is 1.62 bits per heavy atom. The highest BCUT2D eigenvalue weighted by molar-refractivity contribution is 9.12. The Hall–Kier alpha value is -2.64. The van der Waals surface area contributed by atoms with Gasteiger partial charge in [0.25, 0.3) is 0 Å². The maximum Gasteiger partial charge on any atom is 0.133 e. The maximum absolute atomic E-state index is 5.32. The minimum Gasteiger partial charge on any atom is -0.497 e. The molecule has 0 N–H and O–H groups in total. The van der Waals surface area contributed by atoms with Crippen LogP contribution >= 0.6 is 47.8 Å². The first kappa shape index (κ1) is 32.3. The Kier molecular flexibility index (Phi) is 13.0. The molecule has 0 aliphatic carbocycles. The summed E-state index contributed by atoms with van der Waals surface area (Å²) in [6.07, 6.45) is 2.56. The van der Waals surface area contributed by atoms with Crippen LogP contribution in [0.2, 0.25) is 0 Å². The third-order valence-electron chi connectivity index (χ3n) is 6.87. The maximum atomic E-state index is 5.32. The second kappa shape index (κ2) is 16.9. The molecule has 1 aliphatic heterocycles. The van der Waals surface area contributed by atoms with E-state index in [9.17, 15) is 0 Å². The normalized spacial score (nSPS) is 12.1. The van der Waals surface area contributed by atoms with Gasteiger partial charge in [0.15, 0.2) is 0 Å². The highest BCUT2D eigenvalue weighted by Gasteiger charge is 2.06. The van der Waals surface area contributed by atoms with Gasteiger partial charge in [0.05, 0.1) is 18.7 Å². The van der Waals surface area contributed by atoms with Crippen molar-refractivity contribution in [1.82, 2.24) is 0 Å². The van der Waals surface area contributed by atoms with Crippen molar-refractivity contribution in [2.75, 3.05) is 38.1 Å². The van der Waals surface area contributed by atoms with Crippen LogP contribution < -0.4 is 9.47 Å². The first-order valence-corrected chi connectivity index (χ1v) is 16.9. The van der Waals surface area contributed by atoms with Crippen LogP contribution in [-0.4, -0.2) is 38.1 Å². The van der Waals surface area contributed by atoms with Crippen molar-refractivity contribution in [3.63, 3.8) is 0 Å². The molecule has 1 saturated heterocycles. The zero-order chi connectivity index (χ0) is 29.7. The molecule has 0 amide bonds. The van der Waals surface area contributed by atoms with Crippen LogP contribution in [0.25, 0.3) is 43.1 Å². The van der Waals surface area contributed by atoms with E-state index in [0.717, 1.165) is 39.8 Å². The van der Waals surface area contributed by atoms with Crippen LogP contribution in [0.3, 0.4) is 0 Å². The Balaban J connectivity index is 0.000000150. The molecule has 0 spiro atoms. The van der Waals surface area contributed by atoms with E-state index in [4.69, 9.17) is 14.2 Å². The SMILES string of the molecule is BrCCBr.C1CCOC1.COc1cc2ccc3ccccc3c2cc1Br.COc1ccc2c(ccc3ccccc32)c1. The second-order valence-electron chi connectivity index (χ2n) is 9.57. The number of methoxy groups -OCH3 is 2. The fourth-order valence-corrected chi connectivity index (χ4v) is 5.30. The number of hydrogen-bond donors (Lipinski definition) is 0. The summed E-state index contributed by atoms with van der Waals surface area (Å²) in [5.74, 6) is 1.77. The molecule has 218 valence electrons. The fourth-order valence-electron chi connectivity index (χ4n) is 4.79. The smallest absolute Gasteiger partial charge is 0.133 e. The average molecular weight is 755 g/mol. The van der Waals surface area contributed by atoms with Crippen molar-refractivity contribution >= 4 is 90.9 Å². The van der Waals surface area contributed by atoms with Gasteiger partial charge in [-0.25, -0.2) is 0 Å². The van der Waals surface area contributed by atoms with E-state index in [1.165, 1.54) is 55.9 Å². The van der Waals surface area contributed by atoms with Gasteiger partial charge in [-0.15, -0.1) is 0 Å². The topological polar surface area (TPSA) is 27.7 Å². The minimum absolute atomic E-state index is 0.868. The van der Waals surface area contributed by atoms with E-state index in [1.54, 1.807) is 14.2 Å². The first-order valence-electron chi connectivity index (χ1n) is 13.9. The third kappa shape index (κ3) is 8.47. The van der Waals surface area contributed by atoms with E-state index in [2.05, 4.69) is 145 Å². The van der Waals surface area contributed by atoms with Gasteiger partial charge in [-0.1, -0.05) is 111 Å². The molecule has 6 aromatic rings. The molecule has 1 heterocycles. The summed E-state index contributed by atoms with van der Waals surface area (Å²) in [5.41, 5.74) is 0. The van der Waals surface area contributed by atoms with Crippen LogP contribution in [0.1, 0.15) is 12.8 Å². The van der Waals surface area contributed by atoms with Crippen LogP contribution in [0, 0.1) is 0 Å². The lowest BCUT2D eigenvalue weighted by molar-refractivity contribution is 0.198. The molecule has 0 saturated carbocycles. The predicted molar refractivity (Wildman–Crippen MR) is 191 cm³/mol. The molecule has 6 heteroatoms. The molecule has 0 aromatic heterocycles. The molecule has 3 nitrogen and oxygen atoms in total. The van der Waals surface area contributed by atoms with Gasteiger partial charge < -0.3 is 14.2 Å². The van der Waals surface area contributed by atoms with Crippen molar-refractivity contribution in [2.45, 2.75) is 12.8 Å². The van der Waals surface area contributed by atoms with Gasteiger partial charge in [-0.2, -0.15) is 0 Å². The van der Waals surface area contributed by atoms with Crippen LogP contribution in [0.5, 0.6) is 11.5 Å². The monoisotopic (exact) mass is 752 g/mol. The van der Waals surface area contributed by atoms with E-state index in [-0.39, 0.29) is 0 Å². The van der Waals surface area contributed by atoms with Crippen molar-refractivity contribution in [1.29, 1.82) is 0 Å². The average Bonchev–Trinajstić information content (AvgIpc) is 3.65. The number of fused-ring (bicyclic) bond motifs is 6. The summed E-state index contributed by atoms with van der Waals surface area (Å²) < 4.78 is 16.5. The van der Waals surface area contributed by atoms with Crippen molar-refractivity contribution in [3.8, 4) is 11.5 Å². The molecule has 0 radical (unpaired) electrons. The highest BCUT2D eigenvalue weighted by atomic mass is 79.9. The summed E-state index contributed by atoms with van der Waals surface area (Å²) in [7, 11) is 3.38. The predicted octanol–water partition coefficient (Wildman–Crippen LogP) is 11.3. The first-order chi connectivity index (χ1) is 20.6. The summed E-state index contributed by atoms with van der Waals surface area (Å²) in [5, 5.41) is 12.1. The Bertz CT molecular complexity index is 1720. The highest BCUT2D eigenvalue weighted by Crippen LogP contribution is 2.34. The Morgan fingerprint density at radius 2 is 1.10 bits per heavy atom. The molecular weight excluding hydrogens is 720 g/mol. The fraction of sp³-hybridized carbons (Fsp3) is 0.222. The molecule has 6 aromatic carbocycles. The molecule has 1 aliphatic rings. The number of halogens is 3. The van der Waals surface area contributed by atoms with Gasteiger partial charge in [0, 0.05) is 23.9 Å². The van der Waals surface area contributed by atoms with Crippen molar-refractivity contribution in [2.24, 2.45) is 0 Å². The van der Waals surface area contributed by atoms with Gasteiger partial charge in [0.2, 0.25) is 0 Å². The molecule has 7 rings (SSSR count). The molecule has 42 heavy (non-hydrogen) atoms. The standard InChI is InChI=1S/C15H11BrO.C15H12O.C4H8O.C2H4Br2/c1-17-15-8-11-7-6-10-4-2-3-5-12(10)13(11)9-14(15)16;1-16-13-8-9-15-12(10-13)7-6-11-4-2-3-5-14(11)15;1-2-4-5-3-1;3-1-2-4/h2-9H,1H3;2-10H,1H3;1-4H2;1-2H2. The summed E-state index contributed by atoms with van der Waals surface area (Å²) in [4.78, 5) is 0. The molecular formula is C36H35Br3O3. The molecule has 0 unspecified atom stereocenters. The van der Waals surface area contributed by atoms with Crippen molar-refractivity contribution in [3.05, 3.63) is 108 Å². The zero-order valence-corrected chi connectivity index (χ0v) is 28.7. The molecule has 1 fully saturated rings. The zero-order valence-electron chi connectivity index (χ0n) is 23.9. The quantitative estimate of drug-likeness (QED) is 0.133. The Morgan fingerprint density at radius 1 is 0.571 bits per heavy atom. The number of hydrogen-bond acceptors (Lipinski definition) is 3. The van der Waals surface area contributed by atoms with E-state index in [0.29, 0.717) is 0 Å². The van der Waals surface area contributed by atoms with Gasteiger partial charge >= 0.3 is 0 Å². The lowest BCUT2D eigenvalue weighted by Crippen LogP contribution is -1.85. The van der Waals surface area contributed by atoms with Crippen LogP contribution in [0.4, 0.5) is 0 Å². The summed E-state index contributed by atoms with van der Waals surface area (Å²) >= 11 is 9.94. The van der Waals surface area contributed by atoms with Crippen LogP contribution in [0.15, 0.2) is 108 Å². The second-order valence-corrected chi connectivity index (χ2v) is 12.0. The van der Waals surface area contributed by atoms with Gasteiger partial charge in [-0.05, 0) is 96.1 Å². The van der Waals surface area contributed by atoms with Crippen molar-refractivity contribution < 1.29 is 14.2 Å². The molecule has 0 atom stereocenters. The summed E-state index contributed by atoms with van der Waals surface area (Å²) in [6.45, 7) is 2.00. The number of rotatable bonds is 3. The lowest BCUT2D eigenvalue weighted by atomic mass is 10.0. The Labute approximate surface area is 273 Å². The van der Waals surface area contributed by atoms with Gasteiger partial charge in [-0.3, -0.25) is 0 Å².